The van der Waals surface area contributed by atoms with Crippen LogP contribution >= 0.6 is 31.9 Å². The van der Waals surface area contributed by atoms with Crippen LogP contribution in [0.15, 0.2) is 27.4 Å². The van der Waals surface area contributed by atoms with E-state index in [0.717, 1.165) is 28.2 Å². The van der Waals surface area contributed by atoms with Crippen LogP contribution in [0.5, 0.6) is 5.75 Å². The molecule has 2 rings (SSSR count). The highest BCUT2D eigenvalue weighted by Gasteiger charge is 2.13. The Hall–Kier alpha value is -0.880. The molecule has 0 fully saturated rings. The maximum Gasteiger partial charge on any atom is 0.152 e. The Labute approximate surface area is 123 Å². The Kier molecular flexibility index (Phi) is 4.40. The molecule has 0 bridgehead atoms. The van der Waals surface area contributed by atoms with Gasteiger partial charge in [-0.2, -0.15) is 5.10 Å². The fourth-order valence-corrected chi connectivity index (χ4v) is 2.40. The number of aromatic nitrogens is 3. The van der Waals surface area contributed by atoms with E-state index in [9.17, 15) is 0 Å². The quantitative estimate of drug-likeness (QED) is 0.766. The molecule has 0 aromatic carbocycles. The molecule has 2 heterocycles. The summed E-state index contributed by atoms with van der Waals surface area (Å²) in [5.74, 6) is 0.728. The van der Waals surface area contributed by atoms with E-state index in [-0.39, 0.29) is 0 Å². The zero-order chi connectivity index (χ0) is 13.1. The van der Waals surface area contributed by atoms with Crippen molar-refractivity contribution in [2.24, 2.45) is 0 Å². The van der Waals surface area contributed by atoms with Gasteiger partial charge in [0.1, 0.15) is 11.2 Å². The lowest BCUT2D eigenvalue weighted by atomic mass is 10.4. The summed E-state index contributed by atoms with van der Waals surface area (Å²) in [5.41, 5.74) is 2.01. The molecule has 0 aliphatic carbocycles. The van der Waals surface area contributed by atoms with Crippen molar-refractivity contribution in [2.45, 2.75) is 27.0 Å². The third kappa shape index (κ3) is 2.75. The van der Waals surface area contributed by atoms with Gasteiger partial charge in [0.15, 0.2) is 5.75 Å². The molecule has 4 nitrogen and oxygen atoms in total. The van der Waals surface area contributed by atoms with Crippen molar-refractivity contribution in [3.63, 3.8) is 0 Å². The van der Waals surface area contributed by atoms with E-state index >= 15 is 0 Å². The summed E-state index contributed by atoms with van der Waals surface area (Å²) in [6.45, 7) is 5.31. The lowest BCUT2D eigenvalue weighted by Crippen LogP contribution is -2.07. The molecular weight excluding hydrogens is 362 g/mol. The molecule has 0 aliphatic heterocycles. The maximum absolute atomic E-state index is 5.76. The third-order valence-electron chi connectivity index (χ3n) is 2.54. The zero-order valence-corrected chi connectivity index (χ0v) is 13.3. The fourth-order valence-electron chi connectivity index (χ4n) is 1.63. The predicted octanol–water partition coefficient (Wildman–Crippen LogP) is 3.71. The molecule has 18 heavy (non-hydrogen) atoms. The first kappa shape index (κ1) is 13.5. The Morgan fingerprint density at radius 3 is 2.83 bits per heavy atom. The first-order chi connectivity index (χ1) is 8.63. The van der Waals surface area contributed by atoms with Gasteiger partial charge >= 0.3 is 0 Å². The molecule has 0 radical (unpaired) electrons. The number of rotatable bonds is 4. The van der Waals surface area contributed by atoms with Crippen molar-refractivity contribution >= 4 is 31.9 Å². The first-order valence-electron chi connectivity index (χ1n) is 5.58. The van der Waals surface area contributed by atoms with Gasteiger partial charge in [0.25, 0.3) is 0 Å². The molecule has 0 atom stereocenters. The number of hydrogen-bond donors (Lipinski definition) is 0. The Morgan fingerprint density at radius 1 is 1.39 bits per heavy atom. The van der Waals surface area contributed by atoms with Crippen LogP contribution in [-0.2, 0) is 13.2 Å². The third-order valence-corrected chi connectivity index (χ3v) is 4.17. The summed E-state index contributed by atoms with van der Waals surface area (Å²) < 4.78 is 9.41. The van der Waals surface area contributed by atoms with Crippen LogP contribution in [-0.4, -0.2) is 14.8 Å². The lowest BCUT2D eigenvalue weighted by molar-refractivity contribution is 0.288. The largest absolute Gasteiger partial charge is 0.484 e. The molecule has 0 aliphatic rings. The van der Waals surface area contributed by atoms with Crippen molar-refractivity contribution in [1.82, 2.24) is 14.8 Å². The van der Waals surface area contributed by atoms with Crippen molar-refractivity contribution in [1.29, 1.82) is 0 Å². The number of nitrogens with zero attached hydrogens (tertiary/aromatic N) is 3. The van der Waals surface area contributed by atoms with Crippen LogP contribution in [0.1, 0.15) is 18.3 Å². The van der Waals surface area contributed by atoms with E-state index in [1.807, 2.05) is 23.7 Å². The second kappa shape index (κ2) is 5.84. The molecule has 2 aromatic heterocycles. The van der Waals surface area contributed by atoms with E-state index in [0.29, 0.717) is 11.2 Å². The highest BCUT2D eigenvalue weighted by atomic mass is 79.9. The summed E-state index contributed by atoms with van der Waals surface area (Å²) >= 11 is 6.90. The first-order valence-corrected chi connectivity index (χ1v) is 7.17. The Morgan fingerprint density at radius 2 is 2.17 bits per heavy atom. The van der Waals surface area contributed by atoms with E-state index in [2.05, 4.69) is 48.9 Å². The minimum Gasteiger partial charge on any atom is -0.484 e. The minimum absolute atomic E-state index is 0.458. The predicted molar refractivity (Wildman–Crippen MR) is 76.6 cm³/mol. The summed E-state index contributed by atoms with van der Waals surface area (Å²) in [7, 11) is 0. The van der Waals surface area contributed by atoms with Gasteiger partial charge in [-0.25, -0.2) is 4.98 Å². The summed E-state index contributed by atoms with van der Waals surface area (Å²) in [6, 6.07) is 3.72. The average molecular weight is 375 g/mol. The molecule has 0 amide bonds. The topological polar surface area (TPSA) is 39.9 Å². The average Bonchev–Trinajstić information content (AvgIpc) is 2.65. The van der Waals surface area contributed by atoms with Crippen LogP contribution in [0.3, 0.4) is 0 Å². The second-order valence-electron chi connectivity index (χ2n) is 3.74. The summed E-state index contributed by atoms with van der Waals surface area (Å²) in [4.78, 5) is 4.12. The summed E-state index contributed by atoms with van der Waals surface area (Å²) in [6.07, 6.45) is 1.72. The zero-order valence-electron chi connectivity index (χ0n) is 10.2. The van der Waals surface area contributed by atoms with E-state index < -0.39 is 0 Å². The smallest absolute Gasteiger partial charge is 0.152 e. The minimum atomic E-state index is 0.458. The Bertz CT molecular complexity index is 554. The molecule has 2 aromatic rings. The molecular formula is C12H13Br2N3O. The maximum atomic E-state index is 5.76. The van der Waals surface area contributed by atoms with Gasteiger partial charge in [0.2, 0.25) is 0 Å². The number of halogens is 2. The molecule has 6 heteroatoms. The normalized spacial score (nSPS) is 10.7. The monoisotopic (exact) mass is 373 g/mol. The second-order valence-corrected chi connectivity index (χ2v) is 5.29. The van der Waals surface area contributed by atoms with Crippen LogP contribution in [0.2, 0.25) is 0 Å². The van der Waals surface area contributed by atoms with Gasteiger partial charge in [-0.1, -0.05) is 0 Å². The van der Waals surface area contributed by atoms with Crippen molar-refractivity contribution < 1.29 is 4.74 Å². The Balaban J connectivity index is 2.18. The van der Waals surface area contributed by atoms with Crippen molar-refractivity contribution in [3.05, 3.63) is 38.8 Å². The van der Waals surface area contributed by atoms with Crippen LogP contribution in [0.25, 0.3) is 0 Å². The van der Waals surface area contributed by atoms with Gasteiger partial charge in [-0.05, 0) is 57.8 Å². The van der Waals surface area contributed by atoms with Crippen molar-refractivity contribution in [2.75, 3.05) is 0 Å². The van der Waals surface area contributed by atoms with Crippen molar-refractivity contribution in [3.8, 4) is 5.75 Å². The van der Waals surface area contributed by atoms with Crippen LogP contribution in [0, 0.1) is 6.92 Å². The van der Waals surface area contributed by atoms with Crippen LogP contribution < -0.4 is 4.74 Å². The number of ether oxygens (including phenoxy) is 1. The van der Waals surface area contributed by atoms with Gasteiger partial charge in [-0.3, -0.25) is 4.68 Å². The molecule has 0 saturated heterocycles. The van der Waals surface area contributed by atoms with E-state index in [1.165, 1.54) is 0 Å². The van der Waals surface area contributed by atoms with Crippen LogP contribution in [0.4, 0.5) is 0 Å². The SMILES string of the molecule is CCn1nc(C)c(Br)c1COc1cccnc1Br. The number of aryl methyl sites for hydroxylation is 2. The molecule has 96 valence electrons. The highest BCUT2D eigenvalue weighted by Crippen LogP contribution is 2.25. The van der Waals surface area contributed by atoms with E-state index in [4.69, 9.17) is 4.74 Å². The molecule has 0 spiro atoms. The van der Waals surface area contributed by atoms with Gasteiger partial charge in [0.05, 0.1) is 15.9 Å². The number of pyridine rings is 1. The summed E-state index contributed by atoms with van der Waals surface area (Å²) in [5, 5.41) is 4.43. The molecule has 0 saturated carbocycles. The van der Waals surface area contributed by atoms with Gasteiger partial charge < -0.3 is 4.74 Å². The molecule has 0 N–H and O–H groups in total. The standard InChI is InChI=1S/C12H13Br2N3O/c1-3-17-9(11(13)8(2)16-17)7-18-10-5-4-6-15-12(10)14/h4-6H,3,7H2,1-2H3. The highest BCUT2D eigenvalue weighted by molar-refractivity contribution is 9.10. The lowest BCUT2D eigenvalue weighted by Gasteiger charge is -2.09. The fraction of sp³-hybridized carbons (Fsp3) is 0.333. The van der Waals surface area contributed by atoms with E-state index in [1.54, 1.807) is 6.20 Å². The van der Waals surface area contributed by atoms with Gasteiger partial charge in [-0.15, -0.1) is 0 Å². The molecule has 0 unspecified atom stereocenters. The van der Waals surface area contributed by atoms with Gasteiger partial charge in [0, 0.05) is 12.7 Å². The number of hydrogen-bond acceptors (Lipinski definition) is 3.